The number of hydrogen-bond donors (Lipinski definition) is 0. The van der Waals surface area contributed by atoms with Gasteiger partial charge in [0.2, 0.25) is 0 Å². The summed E-state index contributed by atoms with van der Waals surface area (Å²) < 4.78 is 8.40. The zero-order valence-electron chi connectivity index (χ0n) is 5.55. The Balaban J connectivity index is 3.30. The third-order valence-corrected chi connectivity index (χ3v) is 0.626. The van der Waals surface area contributed by atoms with Crippen molar-refractivity contribution in [3.63, 3.8) is 0 Å². The van der Waals surface area contributed by atoms with E-state index in [0.29, 0.717) is 0 Å². The summed E-state index contributed by atoms with van der Waals surface area (Å²) in [4.78, 5) is 20.2. The maximum atomic E-state index is 10.4. The van der Waals surface area contributed by atoms with Crippen LogP contribution >= 0.6 is 0 Å². The number of ether oxygens (including phenoxy) is 2. The summed E-state index contributed by atoms with van der Waals surface area (Å²) in [7, 11) is 0. The van der Waals surface area contributed by atoms with Crippen molar-refractivity contribution >= 4 is 12.1 Å². The second-order valence-electron chi connectivity index (χ2n) is 1.38. The molecule has 5 heteroatoms. The van der Waals surface area contributed by atoms with Gasteiger partial charge in [0.1, 0.15) is 0 Å². The average molecular weight is 146 g/mol. The molecule has 0 aromatic heterocycles. The molecule has 0 atom stereocenters. The molecule has 57 valence electrons. The molecule has 0 fully saturated rings. The van der Waals surface area contributed by atoms with Gasteiger partial charge in [-0.15, -0.1) is 0 Å². The first kappa shape index (κ1) is 8.74. The molecule has 1 amide bonds. The quantitative estimate of drug-likeness (QED) is 0.524. The van der Waals surface area contributed by atoms with E-state index in [1.165, 1.54) is 0 Å². The molecule has 0 aliphatic carbocycles. The van der Waals surface area contributed by atoms with Gasteiger partial charge in [0.15, 0.2) is 6.61 Å². The molecule has 0 bridgehead atoms. The highest BCUT2D eigenvalue weighted by Gasteiger charge is 2.03. The normalized spacial score (nSPS) is 8.50. The van der Waals surface area contributed by atoms with E-state index >= 15 is 0 Å². The van der Waals surface area contributed by atoms with Crippen molar-refractivity contribution in [3.8, 4) is 0 Å². The van der Waals surface area contributed by atoms with Crippen LogP contribution in [0.15, 0.2) is 0 Å². The first-order chi connectivity index (χ1) is 4.66. The molecule has 0 saturated carbocycles. The topological polar surface area (TPSA) is 76.4 Å². The number of rotatable bonds is 3. The predicted octanol–water partition coefficient (Wildman–Crippen LogP) is -0.0310. The summed E-state index contributed by atoms with van der Waals surface area (Å²) in [6.45, 7) is 1.41. The molecular weight excluding hydrogens is 138 g/mol. The first-order valence-electron chi connectivity index (χ1n) is 2.70. The Bertz CT molecular complexity index is 134. The minimum atomic E-state index is -1.23. The van der Waals surface area contributed by atoms with Crippen molar-refractivity contribution < 1.29 is 19.1 Å². The largest absolute Gasteiger partial charge is 0.463 e. The van der Waals surface area contributed by atoms with Crippen molar-refractivity contribution in [2.45, 2.75) is 6.92 Å². The molecule has 0 aliphatic rings. The van der Waals surface area contributed by atoms with E-state index < -0.39 is 18.7 Å². The number of nitrogens with one attached hydrogen (secondary N) is 1. The molecule has 0 saturated heterocycles. The van der Waals surface area contributed by atoms with Gasteiger partial charge in [0.05, 0.1) is 6.61 Å². The maximum Gasteiger partial charge on any atom is 0.426 e. The van der Waals surface area contributed by atoms with Crippen LogP contribution in [-0.4, -0.2) is 25.3 Å². The van der Waals surface area contributed by atoms with Crippen LogP contribution in [0.25, 0.3) is 0 Å². The minimum Gasteiger partial charge on any atom is -0.463 e. The lowest BCUT2D eigenvalue weighted by atomic mass is 10.7. The number of hydrogen-bond acceptors (Lipinski definition) is 4. The molecule has 5 nitrogen and oxygen atoms in total. The van der Waals surface area contributed by atoms with Crippen molar-refractivity contribution in [3.05, 3.63) is 0 Å². The smallest absolute Gasteiger partial charge is 0.426 e. The minimum absolute atomic E-state index is 0.244. The molecule has 1 N–H and O–H groups in total. The van der Waals surface area contributed by atoms with Gasteiger partial charge in [0, 0.05) is 0 Å². The van der Waals surface area contributed by atoms with E-state index in [-0.39, 0.29) is 6.61 Å². The lowest BCUT2D eigenvalue weighted by Crippen LogP contribution is -2.15. The van der Waals surface area contributed by atoms with Crippen molar-refractivity contribution in [2.75, 3.05) is 13.2 Å². The highest BCUT2D eigenvalue weighted by molar-refractivity contribution is 5.74. The summed E-state index contributed by atoms with van der Waals surface area (Å²) >= 11 is 0. The number of amides is 1. The fourth-order valence-electron chi connectivity index (χ4n) is 0.327. The van der Waals surface area contributed by atoms with Crippen LogP contribution in [0.2, 0.25) is 0 Å². The SMILES string of the molecule is CCOC(=O)COC([NH])=O. The van der Waals surface area contributed by atoms with Crippen LogP contribution in [0.4, 0.5) is 4.79 Å². The van der Waals surface area contributed by atoms with Crippen LogP contribution in [0.1, 0.15) is 6.92 Å². The highest BCUT2D eigenvalue weighted by Crippen LogP contribution is 1.80. The second-order valence-corrected chi connectivity index (χ2v) is 1.38. The fraction of sp³-hybridized carbons (Fsp3) is 0.600. The standard InChI is InChI=1S/C5H8NO4/c1-2-9-4(7)3-10-5(6)8/h6H,2-3H2,1H3. The zero-order valence-corrected chi connectivity index (χ0v) is 5.55. The highest BCUT2D eigenvalue weighted by atomic mass is 16.6. The first-order valence-corrected chi connectivity index (χ1v) is 2.70. The van der Waals surface area contributed by atoms with E-state index in [2.05, 4.69) is 9.47 Å². The Labute approximate surface area is 58.1 Å². The van der Waals surface area contributed by atoms with Gasteiger partial charge in [0.25, 0.3) is 0 Å². The van der Waals surface area contributed by atoms with Crippen LogP contribution in [0.5, 0.6) is 0 Å². The summed E-state index contributed by atoms with van der Waals surface area (Å²) in [6.07, 6.45) is -1.23. The van der Waals surface area contributed by atoms with Crippen LogP contribution in [0.3, 0.4) is 0 Å². The molecule has 0 rings (SSSR count). The molecule has 0 spiro atoms. The van der Waals surface area contributed by atoms with Gasteiger partial charge in [-0.25, -0.2) is 15.3 Å². The monoisotopic (exact) mass is 146 g/mol. The third kappa shape index (κ3) is 4.89. The lowest BCUT2D eigenvalue weighted by Gasteiger charge is -1.99. The van der Waals surface area contributed by atoms with Crippen molar-refractivity contribution in [2.24, 2.45) is 0 Å². The predicted molar refractivity (Wildman–Crippen MR) is 31.1 cm³/mol. The second kappa shape index (κ2) is 4.60. The van der Waals surface area contributed by atoms with Gasteiger partial charge in [-0.1, -0.05) is 0 Å². The summed E-state index contributed by atoms with van der Waals surface area (Å²) in [6, 6.07) is 0. The van der Waals surface area contributed by atoms with E-state index in [4.69, 9.17) is 5.73 Å². The number of carbonyl (C=O) groups is 2. The van der Waals surface area contributed by atoms with E-state index in [9.17, 15) is 9.59 Å². The van der Waals surface area contributed by atoms with Crippen molar-refractivity contribution in [1.29, 1.82) is 0 Å². The molecule has 0 aromatic rings. The summed E-state index contributed by atoms with van der Waals surface area (Å²) in [5, 5.41) is 0. The van der Waals surface area contributed by atoms with Gasteiger partial charge < -0.3 is 9.47 Å². The molecule has 10 heavy (non-hydrogen) atoms. The zero-order chi connectivity index (χ0) is 7.98. The molecule has 0 unspecified atom stereocenters. The molecule has 0 aliphatic heterocycles. The lowest BCUT2D eigenvalue weighted by molar-refractivity contribution is -0.146. The van der Waals surface area contributed by atoms with Gasteiger partial charge in [-0.05, 0) is 6.92 Å². The summed E-state index contributed by atoms with van der Waals surface area (Å²) in [5.74, 6) is -0.636. The van der Waals surface area contributed by atoms with Crippen LogP contribution in [0, 0.1) is 0 Å². The average Bonchev–Trinajstić information content (AvgIpc) is 1.85. The maximum absolute atomic E-state index is 10.4. The Morgan fingerprint density at radius 3 is 2.40 bits per heavy atom. The number of esters is 1. The van der Waals surface area contributed by atoms with Gasteiger partial charge in [-0.2, -0.15) is 0 Å². The van der Waals surface area contributed by atoms with Crippen LogP contribution in [-0.2, 0) is 14.3 Å². The Morgan fingerprint density at radius 2 is 2.00 bits per heavy atom. The van der Waals surface area contributed by atoms with Crippen molar-refractivity contribution in [1.82, 2.24) is 5.73 Å². The van der Waals surface area contributed by atoms with Gasteiger partial charge in [-0.3, -0.25) is 0 Å². The molecule has 0 aromatic carbocycles. The summed E-state index contributed by atoms with van der Waals surface area (Å²) in [5.41, 5.74) is 6.23. The molecule has 0 heterocycles. The number of carbonyl (C=O) groups excluding carboxylic acids is 2. The van der Waals surface area contributed by atoms with E-state index in [1.54, 1.807) is 6.92 Å². The van der Waals surface area contributed by atoms with E-state index in [0.717, 1.165) is 0 Å². The Morgan fingerprint density at radius 1 is 1.40 bits per heavy atom. The molecule has 1 radical (unpaired) electrons. The van der Waals surface area contributed by atoms with Gasteiger partial charge >= 0.3 is 12.1 Å². The van der Waals surface area contributed by atoms with E-state index in [1.807, 2.05) is 0 Å². The Hall–Kier alpha value is -1.26. The molecular formula is C5H8NO4. The fourth-order valence-corrected chi connectivity index (χ4v) is 0.327. The Kier molecular flexibility index (Phi) is 4.02. The van der Waals surface area contributed by atoms with Crippen LogP contribution < -0.4 is 5.73 Å². The third-order valence-electron chi connectivity index (χ3n) is 0.626.